The first-order valence-electron chi connectivity index (χ1n) is 9.90. The van der Waals surface area contributed by atoms with Gasteiger partial charge in [-0.3, -0.25) is 9.59 Å². The molecule has 0 aromatic rings. The van der Waals surface area contributed by atoms with Gasteiger partial charge < -0.3 is 23.2 Å². The van der Waals surface area contributed by atoms with Crippen LogP contribution in [0, 0.1) is 0 Å². The van der Waals surface area contributed by atoms with Crippen molar-refractivity contribution in [1.29, 1.82) is 0 Å². The minimum Gasteiger partial charge on any atom is -0.466 e. The van der Waals surface area contributed by atoms with Crippen molar-refractivity contribution in [2.75, 3.05) is 39.7 Å². The SMILES string of the molecule is CCCCOC(=O)CC(C(=O)OCCCC)N(C[SiH](OCC)OCC)OC. The Labute approximate surface area is 165 Å². The quantitative estimate of drug-likeness (QED) is 0.157. The lowest BCUT2D eigenvalue weighted by Gasteiger charge is -2.29. The highest BCUT2D eigenvalue weighted by molar-refractivity contribution is 6.44. The number of esters is 2. The standard InChI is InChI=1S/C18H37NO7Si/c1-6-10-12-23-17(20)14-16(18(21)24-13-11-7-2)19(22-5)15-27(25-8-3)26-9-4/h16,27H,6-15H2,1-5H3. The van der Waals surface area contributed by atoms with Crippen LogP contribution in [0.1, 0.15) is 59.8 Å². The molecule has 0 rings (SSSR count). The summed E-state index contributed by atoms with van der Waals surface area (Å²) in [5.41, 5.74) is 0. The van der Waals surface area contributed by atoms with E-state index in [1.807, 2.05) is 27.7 Å². The summed E-state index contributed by atoms with van der Waals surface area (Å²) < 4.78 is 21.8. The molecule has 0 saturated carbocycles. The molecule has 1 unspecified atom stereocenters. The first kappa shape index (κ1) is 26.0. The Morgan fingerprint density at radius 3 is 1.96 bits per heavy atom. The average Bonchev–Trinajstić information content (AvgIpc) is 2.65. The molecule has 1 atom stereocenters. The van der Waals surface area contributed by atoms with Gasteiger partial charge in [0, 0.05) is 13.2 Å². The minimum absolute atomic E-state index is 0.137. The predicted molar refractivity (Wildman–Crippen MR) is 104 cm³/mol. The Morgan fingerprint density at radius 1 is 0.926 bits per heavy atom. The summed E-state index contributed by atoms with van der Waals surface area (Å²) in [4.78, 5) is 30.1. The van der Waals surface area contributed by atoms with Crippen molar-refractivity contribution >= 4 is 21.2 Å². The Balaban J connectivity index is 5.06. The lowest BCUT2D eigenvalue weighted by Crippen LogP contribution is -2.49. The largest absolute Gasteiger partial charge is 0.466 e. The molecule has 9 heteroatoms. The number of unbranched alkanes of at least 4 members (excludes halogenated alkanes) is 2. The molecule has 0 N–H and O–H groups in total. The zero-order valence-corrected chi connectivity index (χ0v) is 18.7. The van der Waals surface area contributed by atoms with Crippen LogP contribution in [0.15, 0.2) is 0 Å². The molecule has 0 amide bonds. The lowest BCUT2D eigenvalue weighted by molar-refractivity contribution is -0.189. The van der Waals surface area contributed by atoms with Gasteiger partial charge in [0.05, 0.1) is 32.9 Å². The molecule has 0 spiro atoms. The predicted octanol–water partition coefficient (Wildman–Crippen LogP) is 2.13. The van der Waals surface area contributed by atoms with Crippen molar-refractivity contribution in [2.45, 2.75) is 65.8 Å². The molecule has 8 nitrogen and oxygen atoms in total. The number of ether oxygens (including phenoxy) is 2. The van der Waals surface area contributed by atoms with Gasteiger partial charge >= 0.3 is 21.2 Å². The number of hydrogen-bond donors (Lipinski definition) is 0. The van der Waals surface area contributed by atoms with Gasteiger partial charge in [0.1, 0.15) is 6.04 Å². The number of nitrogens with zero attached hydrogens (tertiary/aromatic N) is 1. The van der Waals surface area contributed by atoms with Gasteiger partial charge in [0.25, 0.3) is 0 Å². The fourth-order valence-corrected chi connectivity index (χ4v) is 4.01. The second kappa shape index (κ2) is 17.1. The van der Waals surface area contributed by atoms with Crippen molar-refractivity contribution in [1.82, 2.24) is 5.06 Å². The fourth-order valence-electron chi connectivity index (χ4n) is 2.26. The van der Waals surface area contributed by atoms with E-state index in [4.69, 9.17) is 23.2 Å². The summed E-state index contributed by atoms with van der Waals surface area (Å²) >= 11 is 0. The summed E-state index contributed by atoms with van der Waals surface area (Å²) in [6.07, 6.45) is 3.55. The molecular formula is C18H37NO7Si. The minimum atomic E-state index is -2.07. The van der Waals surface area contributed by atoms with Crippen LogP contribution in [0.2, 0.25) is 0 Å². The summed E-state index contributed by atoms with van der Waals surface area (Å²) in [6, 6.07) is -0.892. The van der Waals surface area contributed by atoms with Crippen molar-refractivity contribution in [2.24, 2.45) is 0 Å². The molecule has 0 aromatic carbocycles. The molecular weight excluding hydrogens is 370 g/mol. The van der Waals surface area contributed by atoms with Gasteiger partial charge in [-0.15, -0.1) is 0 Å². The van der Waals surface area contributed by atoms with Crippen molar-refractivity contribution < 1.29 is 32.8 Å². The van der Waals surface area contributed by atoms with Gasteiger partial charge in [-0.05, 0) is 26.7 Å². The lowest BCUT2D eigenvalue weighted by atomic mass is 10.2. The van der Waals surface area contributed by atoms with Crippen LogP contribution in [0.3, 0.4) is 0 Å². The van der Waals surface area contributed by atoms with Gasteiger partial charge in [-0.25, -0.2) is 0 Å². The molecule has 27 heavy (non-hydrogen) atoms. The summed E-state index contributed by atoms with van der Waals surface area (Å²) in [5, 5.41) is 1.43. The topological polar surface area (TPSA) is 83.5 Å². The number of carbonyl (C=O) groups is 2. The first-order valence-corrected chi connectivity index (χ1v) is 11.7. The van der Waals surface area contributed by atoms with Gasteiger partial charge in [0.2, 0.25) is 0 Å². The summed E-state index contributed by atoms with van der Waals surface area (Å²) in [7, 11) is -0.615. The molecule has 160 valence electrons. The highest BCUT2D eigenvalue weighted by atomic mass is 28.3. The summed E-state index contributed by atoms with van der Waals surface area (Å²) in [6.45, 7) is 9.48. The van der Waals surface area contributed by atoms with Crippen LogP contribution in [0.5, 0.6) is 0 Å². The number of hydrogen-bond acceptors (Lipinski definition) is 8. The maximum atomic E-state index is 12.6. The highest BCUT2D eigenvalue weighted by Crippen LogP contribution is 2.11. The van der Waals surface area contributed by atoms with Crippen molar-refractivity contribution in [3.63, 3.8) is 0 Å². The zero-order valence-electron chi connectivity index (χ0n) is 17.5. The van der Waals surface area contributed by atoms with Crippen LogP contribution < -0.4 is 0 Å². The normalized spacial score (nSPS) is 12.4. The van der Waals surface area contributed by atoms with Crippen LogP contribution in [-0.2, 0) is 32.8 Å². The molecule has 0 radical (unpaired) electrons. The molecule has 0 aliphatic carbocycles. The van der Waals surface area contributed by atoms with E-state index in [2.05, 4.69) is 0 Å². The smallest absolute Gasteiger partial charge is 0.338 e. The van der Waals surface area contributed by atoms with E-state index in [9.17, 15) is 9.59 Å². The highest BCUT2D eigenvalue weighted by Gasteiger charge is 2.34. The van der Waals surface area contributed by atoms with Crippen LogP contribution in [0.4, 0.5) is 0 Å². The zero-order chi connectivity index (χ0) is 20.5. The summed E-state index contributed by atoms with van der Waals surface area (Å²) in [5.74, 6) is -0.951. The van der Waals surface area contributed by atoms with Crippen LogP contribution in [-0.4, -0.2) is 72.0 Å². The van der Waals surface area contributed by atoms with Crippen LogP contribution >= 0.6 is 0 Å². The number of carbonyl (C=O) groups excluding carboxylic acids is 2. The van der Waals surface area contributed by atoms with E-state index in [0.717, 1.165) is 25.7 Å². The molecule has 0 aliphatic heterocycles. The van der Waals surface area contributed by atoms with E-state index in [-0.39, 0.29) is 6.42 Å². The Kier molecular flexibility index (Phi) is 16.5. The van der Waals surface area contributed by atoms with Gasteiger partial charge in [0.15, 0.2) is 0 Å². The maximum absolute atomic E-state index is 12.6. The Hall–Kier alpha value is -1.00. The van der Waals surface area contributed by atoms with E-state index >= 15 is 0 Å². The maximum Gasteiger partial charge on any atom is 0.338 e. The molecule has 0 heterocycles. The first-order chi connectivity index (χ1) is 13.0. The molecule has 0 aliphatic rings. The van der Waals surface area contributed by atoms with E-state index in [0.29, 0.717) is 32.6 Å². The van der Waals surface area contributed by atoms with Crippen LogP contribution in [0.25, 0.3) is 0 Å². The van der Waals surface area contributed by atoms with E-state index in [1.165, 1.54) is 12.2 Å². The molecule has 0 fully saturated rings. The van der Waals surface area contributed by atoms with E-state index in [1.54, 1.807) is 0 Å². The second-order valence-corrected chi connectivity index (χ2v) is 7.83. The monoisotopic (exact) mass is 407 g/mol. The number of rotatable bonds is 17. The third-order valence-electron chi connectivity index (χ3n) is 3.75. The second-order valence-electron chi connectivity index (χ2n) is 5.94. The molecule has 0 aromatic heterocycles. The van der Waals surface area contributed by atoms with Crippen molar-refractivity contribution in [3.05, 3.63) is 0 Å². The molecule has 0 saturated heterocycles. The number of hydroxylamine groups is 2. The Morgan fingerprint density at radius 2 is 1.48 bits per heavy atom. The van der Waals surface area contributed by atoms with Crippen molar-refractivity contribution in [3.8, 4) is 0 Å². The fraction of sp³-hybridized carbons (Fsp3) is 0.889. The van der Waals surface area contributed by atoms with E-state index < -0.39 is 27.3 Å². The van der Waals surface area contributed by atoms with Gasteiger partial charge in [-0.1, -0.05) is 26.7 Å². The average molecular weight is 408 g/mol. The van der Waals surface area contributed by atoms with Gasteiger partial charge in [-0.2, -0.15) is 5.06 Å². The Bertz CT molecular complexity index is 392. The third kappa shape index (κ3) is 12.1. The third-order valence-corrected chi connectivity index (χ3v) is 5.82. The molecule has 0 bridgehead atoms.